The highest BCUT2D eigenvalue weighted by Gasteiger charge is 2.52. The van der Waals surface area contributed by atoms with Crippen molar-refractivity contribution in [1.29, 1.82) is 0 Å². The van der Waals surface area contributed by atoms with Crippen LogP contribution in [0, 0.1) is 12.3 Å². The van der Waals surface area contributed by atoms with Crippen LogP contribution in [-0.2, 0) is 0 Å². The number of hydrogen-bond acceptors (Lipinski definition) is 2. The van der Waals surface area contributed by atoms with E-state index in [1.165, 1.54) is 24.8 Å². The van der Waals surface area contributed by atoms with Gasteiger partial charge in [-0.3, -0.25) is 0 Å². The zero-order valence-corrected chi connectivity index (χ0v) is 11.7. The van der Waals surface area contributed by atoms with E-state index in [-0.39, 0.29) is 0 Å². The van der Waals surface area contributed by atoms with Gasteiger partial charge in [0.1, 0.15) is 0 Å². The molecule has 2 heteroatoms. The Morgan fingerprint density at radius 3 is 2.56 bits per heavy atom. The van der Waals surface area contributed by atoms with Crippen LogP contribution in [0.1, 0.15) is 49.5 Å². The summed E-state index contributed by atoms with van der Waals surface area (Å²) >= 11 is 1.95. The average Bonchev–Trinajstić information content (AvgIpc) is 2.66. The lowest BCUT2D eigenvalue weighted by molar-refractivity contribution is 0.0261. The molecule has 90 valence electrons. The maximum atomic E-state index is 3.51. The first-order valence-corrected chi connectivity index (χ1v) is 7.28. The Hall–Kier alpha value is -0.340. The molecule has 0 bridgehead atoms. The van der Waals surface area contributed by atoms with E-state index < -0.39 is 0 Å². The van der Waals surface area contributed by atoms with E-state index in [1.807, 2.05) is 11.3 Å². The molecule has 1 aromatic heterocycles. The molecular formula is C14H23NS. The van der Waals surface area contributed by atoms with Crippen molar-refractivity contribution in [3.8, 4) is 0 Å². The molecule has 2 atom stereocenters. The summed E-state index contributed by atoms with van der Waals surface area (Å²) in [6.45, 7) is 6.96. The molecular weight excluding hydrogens is 214 g/mol. The van der Waals surface area contributed by atoms with Gasteiger partial charge in [0, 0.05) is 16.8 Å². The number of thiophene rings is 1. The molecule has 0 amide bonds. The summed E-state index contributed by atoms with van der Waals surface area (Å²) in [5.74, 6) is 0.792. The van der Waals surface area contributed by atoms with E-state index in [2.05, 4.69) is 44.6 Å². The fraction of sp³-hybridized carbons (Fsp3) is 0.714. The van der Waals surface area contributed by atoms with Gasteiger partial charge in [0.05, 0.1) is 0 Å². The first-order chi connectivity index (χ1) is 7.69. The highest BCUT2D eigenvalue weighted by Crippen LogP contribution is 2.58. The highest BCUT2D eigenvalue weighted by atomic mass is 32.1. The van der Waals surface area contributed by atoms with Crippen LogP contribution in [0.25, 0.3) is 0 Å². The second kappa shape index (κ2) is 4.50. The van der Waals surface area contributed by atoms with Gasteiger partial charge in [-0.05, 0) is 55.7 Å². The number of aryl methyl sites for hydroxylation is 1. The van der Waals surface area contributed by atoms with E-state index in [0.29, 0.717) is 11.5 Å². The second-order valence-corrected chi connectivity index (χ2v) is 5.99. The third-order valence-electron chi connectivity index (χ3n) is 4.74. The monoisotopic (exact) mass is 237 g/mol. The van der Waals surface area contributed by atoms with Crippen LogP contribution in [0.4, 0.5) is 0 Å². The predicted molar refractivity (Wildman–Crippen MR) is 72.3 cm³/mol. The lowest BCUT2D eigenvalue weighted by Crippen LogP contribution is -2.57. The summed E-state index contributed by atoms with van der Waals surface area (Å²) in [5, 5.41) is 5.75. The van der Waals surface area contributed by atoms with Gasteiger partial charge in [-0.2, -0.15) is 0 Å². The van der Waals surface area contributed by atoms with Crippen molar-refractivity contribution in [1.82, 2.24) is 5.32 Å². The molecule has 1 N–H and O–H groups in total. The van der Waals surface area contributed by atoms with E-state index >= 15 is 0 Å². The number of hydrogen-bond donors (Lipinski definition) is 1. The first kappa shape index (κ1) is 12.1. The van der Waals surface area contributed by atoms with E-state index in [9.17, 15) is 0 Å². The third kappa shape index (κ3) is 1.54. The van der Waals surface area contributed by atoms with E-state index in [4.69, 9.17) is 0 Å². The van der Waals surface area contributed by atoms with Crippen molar-refractivity contribution in [3.05, 3.63) is 21.9 Å². The molecule has 16 heavy (non-hydrogen) atoms. The lowest BCUT2D eigenvalue weighted by atomic mass is 9.53. The van der Waals surface area contributed by atoms with Crippen LogP contribution < -0.4 is 5.32 Å². The molecule has 1 fully saturated rings. The fourth-order valence-electron chi connectivity index (χ4n) is 3.54. The van der Waals surface area contributed by atoms with Crippen LogP contribution in [0.5, 0.6) is 0 Å². The van der Waals surface area contributed by atoms with Crippen LogP contribution in [0.2, 0.25) is 0 Å². The van der Waals surface area contributed by atoms with Crippen molar-refractivity contribution in [2.75, 3.05) is 7.05 Å². The van der Waals surface area contributed by atoms with Gasteiger partial charge in [0.25, 0.3) is 0 Å². The van der Waals surface area contributed by atoms with Crippen molar-refractivity contribution in [2.24, 2.45) is 5.41 Å². The Bertz CT molecular complexity index is 351. The van der Waals surface area contributed by atoms with Gasteiger partial charge >= 0.3 is 0 Å². The molecule has 0 aliphatic heterocycles. The lowest BCUT2D eigenvalue weighted by Gasteiger charge is -2.56. The molecule has 1 heterocycles. The number of rotatable bonds is 4. The van der Waals surface area contributed by atoms with Crippen LogP contribution in [-0.4, -0.2) is 13.1 Å². The molecule has 1 aliphatic rings. The molecule has 1 aromatic rings. The summed E-state index contributed by atoms with van der Waals surface area (Å²) in [5.41, 5.74) is 2.00. The summed E-state index contributed by atoms with van der Waals surface area (Å²) in [6.07, 6.45) is 3.90. The maximum absolute atomic E-state index is 3.51. The SMILES string of the molecule is CCC1(CC)C(NC)CC1c1sccc1C. The highest BCUT2D eigenvalue weighted by molar-refractivity contribution is 7.10. The van der Waals surface area contributed by atoms with Crippen molar-refractivity contribution < 1.29 is 0 Å². The molecule has 1 nitrogen and oxygen atoms in total. The molecule has 2 unspecified atom stereocenters. The summed E-state index contributed by atoms with van der Waals surface area (Å²) in [6, 6.07) is 2.98. The zero-order valence-electron chi connectivity index (χ0n) is 10.8. The Kier molecular flexibility index (Phi) is 3.41. The van der Waals surface area contributed by atoms with Gasteiger partial charge < -0.3 is 5.32 Å². The Morgan fingerprint density at radius 2 is 2.12 bits per heavy atom. The van der Waals surface area contributed by atoms with Crippen molar-refractivity contribution >= 4 is 11.3 Å². The molecule has 1 saturated carbocycles. The quantitative estimate of drug-likeness (QED) is 0.836. The van der Waals surface area contributed by atoms with Crippen molar-refractivity contribution in [2.45, 2.75) is 52.0 Å². The Labute approximate surface area is 103 Å². The fourth-order valence-corrected chi connectivity index (χ4v) is 4.71. The summed E-state index contributed by atoms with van der Waals surface area (Å²) in [7, 11) is 2.11. The minimum absolute atomic E-state index is 0.504. The van der Waals surface area contributed by atoms with Crippen LogP contribution in [0.15, 0.2) is 11.4 Å². The summed E-state index contributed by atoms with van der Waals surface area (Å²) in [4.78, 5) is 1.63. The second-order valence-electron chi connectivity index (χ2n) is 5.04. The topological polar surface area (TPSA) is 12.0 Å². The molecule has 0 aromatic carbocycles. The van der Waals surface area contributed by atoms with E-state index in [1.54, 1.807) is 4.88 Å². The van der Waals surface area contributed by atoms with Gasteiger partial charge in [-0.1, -0.05) is 13.8 Å². The normalized spacial score (nSPS) is 27.8. The van der Waals surface area contributed by atoms with Gasteiger partial charge in [-0.25, -0.2) is 0 Å². The average molecular weight is 237 g/mol. The Balaban J connectivity index is 2.28. The van der Waals surface area contributed by atoms with Crippen LogP contribution >= 0.6 is 11.3 Å². The predicted octanol–water partition coefficient (Wildman–Crippen LogP) is 3.94. The molecule has 1 aliphatic carbocycles. The Morgan fingerprint density at radius 1 is 1.44 bits per heavy atom. The van der Waals surface area contributed by atoms with Crippen molar-refractivity contribution in [3.63, 3.8) is 0 Å². The van der Waals surface area contributed by atoms with Gasteiger partial charge in [0.15, 0.2) is 0 Å². The molecule has 0 radical (unpaired) electrons. The van der Waals surface area contributed by atoms with Crippen LogP contribution in [0.3, 0.4) is 0 Å². The molecule has 2 rings (SSSR count). The number of nitrogens with one attached hydrogen (secondary N) is 1. The first-order valence-electron chi connectivity index (χ1n) is 6.40. The minimum Gasteiger partial charge on any atom is -0.316 e. The third-order valence-corrected chi connectivity index (χ3v) is 5.88. The molecule has 0 saturated heterocycles. The van der Waals surface area contributed by atoms with Gasteiger partial charge in [0.2, 0.25) is 0 Å². The largest absolute Gasteiger partial charge is 0.316 e. The standard InChI is InChI=1S/C14H23NS/c1-5-14(6-2)11(9-12(14)15-4)13-10(3)7-8-16-13/h7-8,11-12,15H,5-6,9H2,1-4H3. The minimum atomic E-state index is 0.504. The summed E-state index contributed by atoms with van der Waals surface area (Å²) < 4.78 is 0. The smallest absolute Gasteiger partial charge is 0.0133 e. The van der Waals surface area contributed by atoms with E-state index in [0.717, 1.165) is 5.92 Å². The maximum Gasteiger partial charge on any atom is 0.0133 e. The zero-order chi connectivity index (χ0) is 11.8. The molecule has 0 spiro atoms. The van der Waals surface area contributed by atoms with Gasteiger partial charge in [-0.15, -0.1) is 11.3 Å².